The van der Waals surface area contributed by atoms with Gasteiger partial charge in [0.1, 0.15) is 0 Å². The van der Waals surface area contributed by atoms with Crippen LogP contribution in [0, 0.1) is 5.92 Å². The van der Waals surface area contributed by atoms with Crippen LogP contribution in [-0.4, -0.2) is 64.6 Å². The highest BCUT2D eigenvalue weighted by molar-refractivity contribution is 6.31. The summed E-state index contributed by atoms with van der Waals surface area (Å²) in [4.78, 5) is 42.4. The second kappa shape index (κ2) is 12.3. The summed E-state index contributed by atoms with van der Waals surface area (Å²) in [6.45, 7) is 3.33. The number of halogens is 1. The third kappa shape index (κ3) is 5.90. The zero-order valence-corrected chi connectivity index (χ0v) is 23.9. The summed E-state index contributed by atoms with van der Waals surface area (Å²) in [5, 5.41) is 28.0. The fourth-order valence-electron chi connectivity index (χ4n) is 6.13. The van der Waals surface area contributed by atoms with E-state index >= 15 is 0 Å². The molecule has 3 heterocycles. The number of aliphatic hydroxyl groups is 2. The number of fused-ring (bicyclic) bond motifs is 1. The van der Waals surface area contributed by atoms with Crippen LogP contribution in [0.2, 0.25) is 5.02 Å². The summed E-state index contributed by atoms with van der Waals surface area (Å²) in [6, 6.07) is 12.0. The maximum atomic E-state index is 13.9. The number of anilines is 2. The molecule has 0 spiro atoms. The van der Waals surface area contributed by atoms with Crippen molar-refractivity contribution in [2.24, 2.45) is 5.92 Å². The second-order valence-corrected chi connectivity index (χ2v) is 11.6. The van der Waals surface area contributed by atoms with Crippen molar-refractivity contribution in [3.8, 4) is 0 Å². The number of rotatable bonds is 9. The minimum absolute atomic E-state index is 0.0551. The Morgan fingerprint density at radius 3 is 2.80 bits per heavy atom. The summed E-state index contributed by atoms with van der Waals surface area (Å²) >= 11 is 6.31. The Morgan fingerprint density at radius 1 is 1.22 bits per heavy atom. The molecule has 10 heteroatoms. The average Bonchev–Trinajstić information content (AvgIpc) is 3.71. The highest BCUT2D eigenvalue weighted by Gasteiger charge is 2.52. The van der Waals surface area contributed by atoms with Gasteiger partial charge in [-0.2, -0.15) is 0 Å². The molecule has 5 rings (SSSR count). The predicted octanol–water partition coefficient (Wildman–Crippen LogP) is 3.33. The summed E-state index contributed by atoms with van der Waals surface area (Å²) < 4.78 is 0. The Labute approximate surface area is 245 Å². The minimum Gasteiger partial charge on any atom is -0.394 e. The van der Waals surface area contributed by atoms with E-state index in [1.807, 2.05) is 24.3 Å². The monoisotopic (exact) mass is 580 g/mol. The highest BCUT2D eigenvalue weighted by Crippen LogP contribution is 2.46. The van der Waals surface area contributed by atoms with E-state index < -0.39 is 17.4 Å². The topological polar surface area (TPSA) is 122 Å². The molecule has 0 bridgehead atoms. The average molecular weight is 581 g/mol. The lowest BCUT2D eigenvalue weighted by molar-refractivity contribution is -0.139. The van der Waals surface area contributed by atoms with Gasteiger partial charge >= 0.3 is 0 Å². The van der Waals surface area contributed by atoms with Crippen molar-refractivity contribution in [2.45, 2.75) is 63.3 Å². The molecule has 218 valence electrons. The number of hydrogen-bond donors (Lipinski definition) is 4. The summed E-state index contributed by atoms with van der Waals surface area (Å²) in [6.07, 6.45) is 6.92. The fraction of sp³-hybridized carbons (Fsp3) is 0.452. The van der Waals surface area contributed by atoms with Crippen LogP contribution < -0.4 is 15.5 Å². The van der Waals surface area contributed by atoms with Crippen LogP contribution in [0.1, 0.15) is 50.2 Å². The molecule has 0 aromatic heterocycles. The van der Waals surface area contributed by atoms with Gasteiger partial charge in [0.15, 0.2) is 5.60 Å². The number of nitrogens with zero attached hydrogens (tertiary/aromatic N) is 2. The van der Waals surface area contributed by atoms with Crippen molar-refractivity contribution >= 4 is 40.7 Å². The fourth-order valence-corrected chi connectivity index (χ4v) is 6.30. The van der Waals surface area contributed by atoms with Gasteiger partial charge < -0.3 is 30.6 Å². The highest BCUT2D eigenvalue weighted by atomic mass is 35.5. The molecule has 3 aliphatic heterocycles. The Kier molecular flexibility index (Phi) is 8.79. The Balaban J connectivity index is 1.33. The minimum atomic E-state index is -1.87. The van der Waals surface area contributed by atoms with Crippen LogP contribution in [-0.2, 0) is 26.5 Å². The van der Waals surface area contributed by atoms with E-state index in [9.17, 15) is 24.6 Å². The Hall–Kier alpha value is -3.24. The van der Waals surface area contributed by atoms with Gasteiger partial charge in [-0.05, 0) is 68.1 Å². The van der Waals surface area contributed by atoms with E-state index in [0.29, 0.717) is 28.5 Å². The van der Waals surface area contributed by atoms with E-state index in [-0.39, 0.29) is 43.5 Å². The molecule has 2 fully saturated rings. The van der Waals surface area contributed by atoms with Crippen LogP contribution >= 0.6 is 11.6 Å². The molecule has 3 aliphatic rings. The molecule has 4 atom stereocenters. The van der Waals surface area contributed by atoms with Crippen molar-refractivity contribution in [1.82, 2.24) is 10.2 Å². The van der Waals surface area contributed by atoms with Gasteiger partial charge in [0.25, 0.3) is 5.91 Å². The molecule has 2 aromatic rings. The number of benzene rings is 2. The second-order valence-electron chi connectivity index (χ2n) is 11.1. The normalized spacial score (nSPS) is 24.7. The number of nitrogens with one attached hydrogen (secondary N) is 2. The summed E-state index contributed by atoms with van der Waals surface area (Å²) in [5.74, 6) is -1.30. The largest absolute Gasteiger partial charge is 0.394 e. The van der Waals surface area contributed by atoms with Crippen LogP contribution in [0.15, 0.2) is 54.6 Å². The molecule has 4 N–H and O–H groups in total. The molecule has 3 amide bonds. The van der Waals surface area contributed by atoms with E-state index in [0.717, 1.165) is 37.8 Å². The van der Waals surface area contributed by atoms with Crippen LogP contribution in [0.5, 0.6) is 0 Å². The van der Waals surface area contributed by atoms with Gasteiger partial charge in [0.05, 0.1) is 30.9 Å². The molecule has 0 saturated carbocycles. The predicted molar refractivity (Wildman–Crippen MR) is 157 cm³/mol. The van der Waals surface area contributed by atoms with Gasteiger partial charge in [-0.1, -0.05) is 42.8 Å². The van der Waals surface area contributed by atoms with Crippen molar-refractivity contribution < 1.29 is 24.6 Å². The molecule has 41 heavy (non-hydrogen) atoms. The lowest BCUT2D eigenvalue weighted by atomic mass is 9.83. The molecular formula is C31H37ClN4O5. The molecule has 9 nitrogen and oxygen atoms in total. The van der Waals surface area contributed by atoms with Crippen LogP contribution in [0.25, 0.3) is 0 Å². The van der Waals surface area contributed by atoms with Crippen molar-refractivity contribution in [1.29, 1.82) is 0 Å². The lowest BCUT2D eigenvalue weighted by Crippen LogP contribution is -2.44. The van der Waals surface area contributed by atoms with Gasteiger partial charge in [-0.25, -0.2) is 0 Å². The SMILES string of the molecule is C[C@@H](/C=C/CC(=O)N1CCC[C@H]1CO)[C@]1(O)C(=O)N(Cc2cccc(NC(=O)[C@H]3CCCN3)c2)c2ccc(Cl)cc21. The van der Waals surface area contributed by atoms with E-state index in [1.165, 1.54) is 4.90 Å². The summed E-state index contributed by atoms with van der Waals surface area (Å²) in [5.41, 5.74) is 0.530. The first-order chi connectivity index (χ1) is 19.7. The quantitative estimate of drug-likeness (QED) is 0.338. The first-order valence-electron chi connectivity index (χ1n) is 14.3. The number of amides is 3. The lowest BCUT2D eigenvalue weighted by Gasteiger charge is -2.28. The third-order valence-electron chi connectivity index (χ3n) is 8.43. The third-order valence-corrected chi connectivity index (χ3v) is 8.66. The van der Waals surface area contributed by atoms with Crippen molar-refractivity contribution in [3.05, 3.63) is 70.8 Å². The standard InChI is InChI=1S/C31H37ClN4O5/c1-20(6-2-11-28(38)35-15-5-9-24(35)19-37)31(41)25-17-22(32)12-13-27(25)36(30(31)40)18-21-7-3-8-23(16-21)34-29(39)26-10-4-14-33-26/h2-3,6-8,12-13,16-17,20,24,26,33,37,41H,4-5,9-11,14-15,18-19H2,1H3,(H,34,39)/b6-2+/t20-,24-,26+,31+/m0/s1. The Morgan fingerprint density at radius 2 is 2.05 bits per heavy atom. The number of aliphatic hydroxyl groups excluding tert-OH is 1. The first-order valence-corrected chi connectivity index (χ1v) is 14.6. The molecular weight excluding hydrogens is 544 g/mol. The molecule has 0 radical (unpaired) electrons. The van der Waals surface area contributed by atoms with Gasteiger partial charge in [-0.3, -0.25) is 14.4 Å². The van der Waals surface area contributed by atoms with Gasteiger partial charge in [0, 0.05) is 35.2 Å². The molecule has 2 aromatic carbocycles. The zero-order valence-electron chi connectivity index (χ0n) is 23.2. The number of carbonyl (C=O) groups excluding carboxylic acids is 3. The van der Waals surface area contributed by atoms with E-state index in [2.05, 4.69) is 10.6 Å². The van der Waals surface area contributed by atoms with Crippen LogP contribution in [0.3, 0.4) is 0 Å². The van der Waals surface area contributed by atoms with E-state index in [1.54, 1.807) is 42.2 Å². The zero-order chi connectivity index (χ0) is 29.1. The van der Waals surface area contributed by atoms with Crippen LogP contribution in [0.4, 0.5) is 11.4 Å². The van der Waals surface area contributed by atoms with Gasteiger partial charge in [0.2, 0.25) is 11.8 Å². The number of carbonyl (C=O) groups is 3. The Bertz CT molecular complexity index is 1340. The maximum absolute atomic E-state index is 13.9. The summed E-state index contributed by atoms with van der Waals surface area (Å²) in [7, 11) is 0. The molecule has 0 unspecified atom stereocenters. The maximum Gasteiger partial charge on any atom is 0.264 e. The molecule has 0 aliphatic carbocycles. The molecule has 2 saturated heterocycles. The number of hydrogen-bond acceptors (Lipinski definition) is 6. The van der Waals surface area contributed by atoms with Gasteiger partial charge in [-0.15, -0.1) is 0 Å². The smallest absolute Gasteiger partial charge is 0.264 e. The van der Waals surface area contributed by atoms with Crippen molar-refractivity contribution in [3.63, 3.8) is 0 Å². The number of likely N-dealkylation sites (tertiary alicyclic amines) is 1. The van der Waals surface area contributed by atoms with E-state index in [4.69, 9.17) is 11.6 Å². The van der Waals surface area contributed by atoms with Crippen molar-refractivity contribution in [2.75, 3.05) is 29.9 Å². The first kappa shape index (κ1) is 29.3.